The molecule has 5 N–H and O–H groups in total. The lowest BCUT2D eigenvalue weighted by atomic mass is 10.3. The van der Waals surface area contributed by atoms with Gasteiger partial charge in [0, 0.05) is 6.07 Å². The van der Waals surface area contributed by atoms with Gasteiger partial charge in [0.15, 0.2) is 0 Å². The molecule has 0 aliphatic rings. The summed E-state index contributed by atoms with van der Waals surface area (Å²) in [6.45, 7) is 0. The van der Waals surface area contributed by atoms with Crippen LogP contribution in [0, 0.1) is 0 Å². The van der Waals surface area contributed by atoms with E-state index in [1.165, 1.54) is 25.3 Å². The Morgan fingerprint density at radius 2 is 2.07 bits per heavy atom. The Morgan fingerprint density at radius 3 is 2.57 bits per heavy atom. The van der Waals surface area contributed by atoms with Crippen LogP contribution in [0.2, 0.25) is 0 Å². The van der Waals surface area contributed by atoms with Gasteiger partial charge >= 0.3 is 0 Å². The second-order valence-electron chi connectivity index (χ2n) is 2.60. The van der Waals surface area contributed by atoms with E-state index in [-0.39, 0.29) is 0 Å². The van der Waals surface area contributed by atoms with E-state index in [2.05, 4.69) is 4.72 Å². The molecule has 0 amide bonds. The molecule has 0 radical (unpaired) electrons. The highest BCUT2D eigenvalue weighted by Gasteiger charge is 2.05. The minimum atomic E-state index is -3.76. The summed E-state index contributed by atoms with van der Waals surface area (Å²) in [6, 6.07) is 4.45. The van der Waals surface area contributed by atoms with Crippen LogP contribution >= 0.6 is 0 Å². The molecule has 78 valence electrons. The molecule has 0 atom stereocenters. The largest absolute Gasteiger partial charge is 0.495 e. The maximum atomic E-state index is 10.7. The van der Waals surface area contributed by atoms with Gasteiger partial charge in [-0.15, -0.1) is 0 Å². The summed E-state index contributed by atoms with van der Waals surface area (Å²) in [5.41, 5.74) is 6.26. The van der Waals surface area contributed by atoms with Crippen molar-refractivity contribution >= 4 is 21.6 Å². The Hall–Kier alpha value is -1.47. The summed E-state index contributed by atoms with van der Waals surface area (Å²) < 4.78 is 28.4. The van der Waals surface area contributed by atoms with Crippen molar-refractivity contribution in [2.24, 2.45) is 5.14 Å². The van der Waals surface area contributed by atoms with Crippen molar-refractivity contribution in [1.82, 2.24) is 0 Å². The maximum absolute atomic E-state index is 10.7. The smallest absolute Gasteiger partial charge is 0.296 e. The molecule has 0 unspecified atom stereocenters. The molecular formula is C7H11N3O3S. The highest BCUT2D eigenvalue weighted by Crippen LogP contribution is 2.24. The SMILES string of the molecule is COc1cc(NS(N)(=O)=O)ccc1N. The second-order valence-corrected chi connectivity index (χ2v) is 3.90. The van der Waals surface area contributed by atoms with Crippen molar-refractivity contribution in [3.8, 4) is 5.75 Å². The zero-order valence-corrected chi connectivity index (χ0v) is 8.34. The molecule has 14 heavy (non-hydrogen) atoms. The fraction of sp³-hybridized carbons (Fsp3) is 0.143. The van der Waals surface area contributed by atoms with Crippen molar-refractivity contribution in [2.75, 3.05) is 17.6 Å². The third-order valence-corrected chi connectivity index (χ3v) is 2.01. The first kappa shape index (κ1) is 10.6. The Kier molecular flexibility index (Phi) is 2.82. The van der Waals surface area contributed by atoms with E-state index < -0.39 is 10.2 Å². The first-order chi connectivity index (χ1) is 6.42. The first-order valence-corrected chi connectivity index (χ1v) is 5.21. The van der Waals surface area contributed by atoms with E-state index in [1.54, 1.807) is 0 Å². The molecule has 7 heteroatoms. The molecule has 0 heterocycles. The fourth-order valence-electron chi connectivity index (χ4n) is 0.939. The lowest BCUT2D eigenvalue weighted by molar-refractivity contribution is 0.417. The number of anilines is 2. The molecule has 0 saturated heterocycles. The lowest BCUT2D eigenvalue weighted by Crippen LogP contribution is -2.21. The average molecular weight is 217 g/mol. The summed E-state index contributed by atoms with van der Waals surface area (Å²) in [6.07, 6.45) is 0. The topological polar surface area (TPSA) is 107 Å². The van der Waals surface area contributed by atoms with Gasteiger partial charge in [-0.25, -0.2) is 5.14 Å². The molecule has 1 aromatic rings. The van der Waals surface area contributed by atoms with E-state index in [0.717, 1.165) is 0 Å². The standard InChI is InChI=1S/C7H11N3O3S/c1-13-7-4-5(2-3-6(7)8)10-14(9,11)12/h2-4,10H,8H2,1H3,(H2,9,11,12). The van der Waals surface area contributed by atoms with E-state index in [0.29, 0.717) is 17.1 Å². The van der Waals surface area contributed by atoms with E-state index in [9.17, 15) is 8.42 Å². The third-order valence-electron chi connectivity index (χ3n) is 1.49. The maximum Gasteiger partial charge on any atom is 0.296 e. The molecule has 0 spiro atoms. The summed E-state index contributed by atoms with van der Waals surface area (Å²) in [7, 11) is -2.32. The highest BCUT2D eigenvalue weighted by atomic mass is 32.2. The van der Waals surface area contributed by atoms with Gasteiger partial charge in [0.25, 0.3) is 10.2 Å². The van der Waals surface area contributed by atoms with E-state index >= 15 is 0 Å². The van der Waals surface area contributed by atoms with Crippen LogP contribution in [-0.2, 0) is 10.2 Å². The van der Waals surface area contributed by atoms with Gasteiger partial charge < -0.3 is 10.5 Å². The minimum Gasteiger partial charge on any atom is -0.495 e. The van der Waals surface area contributed by atoms with Crippen molar-refractivity contribution in [3.05, 3.63) is 18.2 Å². The molecular weight excluding hydrogens is 206 g/mol. The van der Waals surface area contributed by atoms with Gasteiger partial charge in [0.1, 0.15) is 5.75 Å². The number of ether oxygens (including phenoxy) is 1. The molecule has 6 nitrogen and oxygen atoms in total. The number of nitrogens with one attached hydrogen (secondary N) is 1. The van der Waals surface area contributed by atoms with Crippen LogP contribution in [0.3, 0.4) is 0 Å². The summed E-state index contributed by atoms with van der Waals surface area (Å²) in [5, 5.41) is 4.79. The van der Waals surface area contributed by atoms with Crippen LogP contribution < -0.4 is 20.3 Å². The predicted octanol–water partition coefficient (Wildman–Crippen LogP) is -0.107. The highest BCUT2D eigenvalue weighted by molar-refractivity contribution is 7.90. The number of rotatable bonds is 3. The van der Waals surface area contributed by atoms with Crippen molar-refractivity contribution in [2.45, 2.75) is 0 Å². The van der Waals surface area contributed by atoms with E-state index in [4.69, 9.17) is 15.6 Å². The lowest BCUT2D eigenvalue weighted by Gasteiger charge is -2.07. The summed E-state index contributed by atoms with van der Waals surface area (Å²) >= 11 is 0. The Morgan fingerprint density at radius 1 is 1.43 bits per heavy atom. The zero-order valence-electron chi connectivity index (χ0n) is 7.52. The van der Waals surface area contributed by atoms with Gasteiger partial charge in [-0.1, -0.05) is 0 Å². The quantitative estimate of drug-likeness (QED) is 0.614. The van der Waals surface area contributed by atoms with Gasteiger partial charge in [0.2, 0.25) is 0 Å². The fourth-order valence-corrected chi connectivity index (χ4v) is 1.39. The molecule has 1 aromatic carbocycles. The molecule has 0 aliphatic heterocycles. The van der Waals surface area contributed by atoms with Crippen LogP contribution in [0.15, 0.2) is 18.2 Å². The van der Waals surface area contributed by atoms with E-state index in [1.807, 2.05) is 0 Å². The van der Waals surface area contributed by atoms with Gasteiger partial charge in [-0.2, -0.15) is 8.42 Å². The molecule has 0 aliphatic carbocycles. The van der Waals surface area contributed by atoms with Crippen LogP contribution in [-0.4, -0.2) is 15.5 Å². The number of nitrogen functional groups attached to an aromatic ring is 1. The van der Waals surface area contributed by atoms with Crippen molar-refractivity contribution in [3.63, 3.8) is 0 Å². The van der Waals surface area contributed by atoms with Gasteiger partial charge in [0.05, 0.1) is 18.5 Å². The van der Waals surface area contributed by atoms with Gasteiger partial charge in [-0.3, -0.25) is 4.72 Å². The van der Waals surface area contributed by atoms with Crippen molar-refractivity contribution in [1.29, 1.82) is 0 Å². The number of methoxy groups -OCH3 is 1. The normalized spacial score (nSPS) is 11.0. The second kappa shape index (κ2) is 3.72. The van der Waals surface area contributed by atoms with Crippen LogP contribution in [0.4, 0.5) is 11.4 Å². The summed E-state index contributed by atoms with van der Waals surface area (Å²) in [4.78, 5) is 0. The van der Waals surface area contributed by atoms with Crippen LogP contribution in [0.5, 0.6) is 5.75 Å². The number of hydrogen-bond donors (Lipinski definition) is 3. The molecule has 0 saturated carbocycles. The third kappa shape index (κ3) is 2.79. The first-order valence-electron chi connectivity index (χ1n) is 3.66. The van der Waals surface area contributed by atoms with Crippen molar-refractivity contribution < 1.29 is 13.2 Å². The predicted molar refractivity (Wildman–Crippen MR) is 54.1 cm³/mol. The summed E-state index contributed by atoms with van der Waals surface area (Å²) in [5.74, 6) is 0.388. The average Bonchev–Trinajstić information content (AvgIpc) is 2.06. The molecule has 1 rings (SSSR count). The minimum absolute atomic E-state index is 0.304. The number of benzene rings is 1. The molecule has 0 aromatic heterocycles. The van der Waals surface area contributed by atoms with Crippen LogP contribution in [0.1, 0.15) is 0 Å². The number of hydrogen-bond acceptors (Lipinski definition) is 4. The Balaban J connectivity index is 3.01. The molecule has 0 fully saturated rings. The Labute approximate surface area is 82.0 Å². The Bertz CT molecular complexity index is 430. The zero-order chi connectivity index (χ0) is 10.8. The molecule has 0 bridgehead atoms. The van der Waals surface area contributed by atoms with Crippen LogP contribution in [0.25, 0.3) is 0 Å². The van der Waals surface area contributed by atoms with Gasteiger partial charge in [-0.05, 0) is 12.1 Å². The monoisotopic (exact) mass is 217 g/mol. The number of nitrogens with two attached hydrogens (primary N) is 2.